The molecule has 0 radical (unpaired) electrons. The Balaban J connectivity index is -0.000000560. The van der Waals surface area contributed by atoms with E-state index >= 15 is 0 Å². The zero-order valence-electron chi connectivity index (χ0n) is 26.8. The van der Waals surface area contributed by atoms with E-state index in [2.05, 4.69) is 58.7 Å². The van der Waals surface area contributed by atoms with Gasteiger partial charge in [-0.25, -0.2) is 0 Å². The van der Waals surface area contributed by atoms with E-state index in [9.17, 15) is 14.4 Å². The Labute approximate surface area is 246 Å². The maximum absolute atomic E-state index is 10.7. The zero-order chi connectivity index (χ0) is 31.5. The summed E-state index contributed by atoms with van der Waals surface area (Å²) in [5, 5.41) is 8.82. The van der Waals surface area contributed by atoms with Gasteiger partial charge >= 0.3 is 17.9 Å². The lowest BCUT2D eigenvalue weighted by Crippen LogP contribution is -2.08. The van der Waals surface area contributed by atoms with Gasteiger partial charge < -0.3 is 14.6 Å². The third kappa shape index (κ3) is 31.7. The van der Waals surface area contributed by atoms with Crippen LogP contribution in [0.2, 0.25) is 0 Å². The van der Waals surface area contributed by atoms with E-state index in [-0.39, 0.29) is 5.97 Å². The number of esters is 3. The highest BCUT2D eigenvalue weighted by molar-refractivity contribution is 5.82. The Bertz CT molecular complexity index is 727. The van der Waals surface area contributed by atoms with E-state index in [0.29, 0.717) is 36.9 Å². The van der Waals surface area contributed by atoms with Gasteiger partial charge in [0.25, 0.3) is 0 Å². The maximum Gasteiger partial charge on any atom is 0.310 e. The molecule has 0 saturated heterocycles. The number of allylic oxidation sites excluding steroid dienone is 4. The number of ether oxygens (including phenoxy) is 2. The van der Waals surface area contributed by atoms with Gasteiger partial charge in [0, 0.05) is 27.4 Å². The fourth-order valence-electron chi connectivity index (χ4n) is 4.00. The maximum atomic E-state index is 10.7. The van der Waals surface area contributed by atoms with Gasteiger partial charge in [-0.3, -0.25) is 14.4 Å². The largest absolute Gasteiger partial charge is 0.466 e. The van der Waals surface area contributed by atoms with Crippen molar-refractivity contribution in [1.29, 1.82) is 0 Å². The van der Waals surface area contributed by atoms with E-state index in [1.54, 1.807) is 0 Å². The summed E-state index contributed by atoms with van der Waals surface area (Å²) >= 11 is 0. The van der Waals surface area contributed by atoms with Crippen LogP contribution in [0.5, 0.6) is 0 Å². The third-order valence-electron chi connectivity index (χ3n) is 6.67. The fourth-order valence-corrected chi connectivity index (χ4v) is 4.00. The van der Waals surface area contributed by atoms with Crippen LogP contribution in [0, 0.1) is 23.7 Å². The predicted octanol–water partition coefficient (Wildman–Crippen LogP) is 8.55. The molecule has 0 bridgehead atoms. The predicted molar refractivity (Wildman–Crippen MR) is 168 cm³/mol. The second kappa shape index (κ2) is 28.1. The van der Waals surface area contributed by atoms with Crippen molar-refractivity contribution in [2.45, 2.75) is 113 Å². The molecule has 0 aliphatic carbocycles. The normalized spacial score (nSPS) is 13.0. The molecule has 6 heteroatoms. The van der Waals surface area contributed by atoms with E-state index in [1.165, 1.54) is 57.6 Å². The van der Waals surface area contributed by atoms with Gasteiger partial charge in [-0.15, -0.1) is 13.2 Å². The summed E-state index contributed by atoms with van der Waals surface area (Å²) in [6.07, 6.45) is 15.0. The number of carbonyl (C=O) groups excluding carboxylic acids is 3. The summed E-state index contributed by atoms with van der Waals surface area (Å²) in [6.45, 7) is 29.0. The highest BCUT2D eigenvalue weighted by Crippen LogP contribution is 2.25. The summed E-state index contributed by atoms with van der Waals surface area (Å²) in [6, 6.07) is 0. The van der Waals surface area contributed by atoms with Crippen molar-refractivity contribution in [2.75, 3.05) is 13.2 Å². The van der Waals surface area contributed by atoms with Gasteiger partial charge in [-0.05, 0) is 88.9 Å². The molecule has 0 aromatic rings. The molecule has 4 unspecified atom stereocenters. The first kappa shape index (κ1) is 42.0. The van der Waals surface area contributed by atoms with Crippen LogP contribution in [0.25, 0.3) is 0 Å². The Kier molecular flexibility index (Phi) is 29.5. The Morgan fingerprint density at radius 2 is 1.05 bits per heavy atom. The SMILES string of the molecule is C=CCCC(CCC(C)CCO)C(=C)C.C=CCCC(CCC(C)CCOC(C)=O)C(=C)C.CC(=O)OC(C)=O. The minimum absolute atomic E-state index is 0.187. The lowest BCUT2D eigenvalue weighted by molar-refractivity contribution is -0.156. The van der Waals surface area contributed by atoms with Gasteiger partial charge in [0.2, 0.25) is 0 Å². The van der Waals surface area contributed by atoms with E-state index in [0.717, 1.165) is 38.5 Å². The molecule has 1 N–H and O–H groups in total. The minimum atomic E-state index is -0.562. The molecule has 0 aliphatic rings. The summed E-state index contributed by atoms with van der Waals surface area (Å²) in [4.78, 5) is 30.3. The summed E-state index contributed by atoms with van der Waals surface area (Å²) in [5.74, 6) is 1.13. The molecule has 4 atom stereocenters. The van der Waals surface area contributed by atoms with Crippen molar-refractivity contribution in [3.05, 3.63) is 49.6 Å². The van der Waals surface area contributed by atoms with Gasteiger partial charge in [0.1, 0.15) is 0 Å². The molecule has 0 rings (SSSR count). The molecular formula is C34H60O6. The Morgan fingerprint density at radius 1 is 0.650 bits per heavy atom. The van der Waals surface area contributed by atoms with Crippen LogP contribution < -0.4 is 0 Å². The van der Waals surface area contributed by atoms with Crippen LogP contribution in [0.3, 0.4) is 0 Å². The lowest BCUT2D eigenvalue weighted by Gasteiger charge is -2.19. The first-order chi connectivity index (χ1) is 18.7. The lowest BCUT2D eigenvalue weighted by atomic mass is 9.88. The molecule has 0 heterocycles. The average molecular weight is 565 g/mol. The van der Waals surface area contributed by atoms with Gasteiger partial charge in [-0.2, -0.15) is 0 Å². The van der Waals surface area contributed by atoms with Gasteiger partial charge in [-0.1, -0.05) is 63.1 Å². The molecule has 0 aromatic carbocycles. The van der Waals surface area contributed by atoms with Crippen molar-refractivity contribution in [3.8, 4) is 0 Å². The average Bonchev–Trinajstić information content (AvgIpc) is 2.83. The highest BCUT2D eigenvalue weighted by Gasteiger charge is 2.12. The van der Waals surface area contributed by atoms with Crippen LogP contribution in [-0.4, -0.2) is 36.2 Å². The second-order valence-electron chi connectivity index (χ2n) is 10.9. The molecule has 0 saturated carbocycles. The topological polar surface area (TPSA) is 89.9 Å². The number of rotatable bonds is 19. The Morgan fingerprint density at radius 3 is 1.32 bits per heavy atom. The van der Waals surface area contributed by atoms with Gasteiger partial charge in [0.15, 0.2) is 0 Å². The van der Waals surface area contributed by atoms with E-state index in [1.807, 2.05) is 12.2 Å². The summed E-state index contributed by atoms with van der Waals surface area (Å²) in [5.41, 5.74) is 2.55. The van der Waals surface area contributed by atoms with Crippen molar-refractivity contribution in [2.24, 2.45) is 23.7 Å². The van der Waals surface area contributed by atoms with Crippen LogP contribution in [0.4, 0.5) is 0 Å². The van der Waals surface area contributed by atoms with Crippen LogP contribution >= 0.6 is 0 Å². The van der Waals surface area contributed by atoms with Crippen molar-refractivity contribution in [3.63, 3.8) is 0 Å². The van der Waals surface area contributed by atoms with Crippen molar-refractivity contribution >= 4 is 17.9 Å². The second-order valence-corrected chi connectivity index (χ2v) is 10.9. The van der Waals surface area contributed by atoms with Crippen molar-refractivity contribution in [1.82, 2.24) is 0 Å². The molecule has 0 amide bonds. The zero-order valence-corrected chi connectivity index (χ0v) is 26.8. The first-order valence-corrected chi connectivity index (χ1v) is 14.7. The fraction of sp³-hybridized carbons (Fsp3) is 0.676. The molecule has 6 nitrogen and oxygen atoms in total. The van der Waals surface area contributed by atoms with Crippen LogP contribution in [0.15, 0.2) is 49.6 Å². The van der Waals surface area contributed by atoms with Crippen LogP contribution in [0.1, 0.15) is 113 Å². The summed E-state index contributed by atoms with van der Waals surface area (Å²) < 4.78 is 8.93. The molecule has 0 aromatic heterocycles. The highest BCUT2D eigenvalue weighted by atomic mass is 16.6. The quantitative estimate of drug-likeness (QED) is 0.0960. The number of carbonyl (C=O) groups is 3. The molecule has 0 aliphatic heterocycles. The van der Waals surface area contributed by atoms with Crippen LogP contribution in [-0.2, 0) is 23.9 Å². The molecule has 0 spiro atoms. The molecular weight excluding hydrogens is 504 g/mol. The van der Waals surface area contributed by atoms with Gasteiger partial charge in [0.05, 0.1) is 6.61 Å². The molecule has 232 valence electrons. The number of aliphatic hydroxyl groups excluding tert-OH is 1. The van der Waals surface area contributed by atoms with E-state index < -0.39 is 11.9 Å². The Hall–Kier alpha value is -2.47. The third-order valence-corrected chi connectivity index (χ3v) is 6.67. The minimum Gasteiger partial charge on any atom is -0.466 e. The first-order valence-electron chi connectivity index (χ1n) is 14.7. The smallest absolute Gasteiger partial charge is 0.310 e. The molecule has 0 fully saturated rings. The number of hydrogen-bond acceptors (Lipinski definition) is 6. The monoisotopic (exact) mass is 564 g/mol. The standard InChI is InChI=1S/C16H28O2.C14H26O.C4H6O3/c1-6-7-8-16(13(2)3)10-9-14(4)11-12-18-15(5)17;1-5-6-7-14(12(2)3)9-8-13(4)10-11-15;1-3(5)7-4(2)6/h6,14,16H,1-2,7-12H2,3-5H3;5,13-15H,1-2,6-11H2,3-4H3;1-2H3. The molecule has 40 heavy (non-hydrogen) atoms. The number of aliphatic hydroxyl groups is 1. The van der Waals surface area contributed by atoms with Crippen molar-refractivity contribution < 1.29 is 29.0 Å². The van der Waals surface area contributed by atoms with E-state index in [4.69, 9.17) is 9.84 Å². The number of hydrogen-bond donors (Lipinski definition) is 1. The summed E-state index contributed by atoms with van der Waals surface area (Å²) in [7, 11) is 0.